The molecule has 0 saturated carbocycles. The number of carbonyl (C=O) groups excluding carboxylic acids is 1. The van der Waals surface area contributed by atoms with E-state index in [1.165, 1.54) is 36.4 Å². The monoisotopic (exact) mass is 526 g/mol. The molecule has 0 bridgehead atoms. The van der Waals surface area contributed by atoms with Gasteiger partial charge in [0.05, 0.1) is 5.56 Å². The van der Waals surface area contributed by atoms with Crippen LogP contribution in [0.4, 0.5) is 17.6 Å². The van der Waals surface area contributed by atoms with Crippen molar-refractivity contribution in [2.75, 3.05) is 26.2 Å². The Kier molecular flexibility index (Phi) is 8.56. The molecule has 1 amide bonds. The highest BCUT2D eigenvalue weighted by Crippen LogP contribution is 2.37. The standard InChI is InChI=1S/C31H34F4N2O/c1-21(2)16-37(30(38)24-10-12-28(32)13-11-24)19-26-18-36(17-23-7-4-6-22(3)14-23)20-29(26)25-8-5-9-27(15-25)31(33,34)35/h4-15,21,26,29H,16-20H2,1-3H3/t26-,29+/m1/s1. The molecular weight excluding hydrogens is 492 g/mol. The van der Waals surface area contributed by atoms with Gasteiger partial charge in [-0.3, -0.25) is 9.69 Å². The van der Waals surface area contributed by atoms with Gasteiger partial charge in [0, 0.05) is 44.2 Å². The molecular formula is C31H34F4N2O. The number of rotatable bonds is 8. The van der Waals surface area contributed by atoms with Gasteiger partial charge < -0.3 is 4.90 Å². The van der Waals surface area contributed by atoms with Crippen LogP contribution < -0.4 is 0 Å². The summed E-state index contributed by atoms with van der Waals surface area (Å²) < 4.78 is 54.1. The summed E-state index contributed by atoms with van der Waals surface area (Å²) in [7, 11) is 0. The van der Waals surface area contributed by atoms with Crippen molar-refractivity contribution in [3.63, 3.8) is 0 Å². The molecule has 1 aliphatic heterocycles. The first-order valence-corrected chi connectivity index (χ1v) is 13.0. The minimum Gasteiger partial charge on any atom is -0.338 e. The van der Waals surface area contributed by atoms with E-state index in [1.54, 1.807) is 11.0 Å². The lowest BCUT2D eigenvalue weighted by atomic mass is 9.87. The molecule has 0 N–H and O–H groups in total. The van der Waals surface area contributed by atoms with Gasteiger partial charge >= 0.3 is 6.18 Å². The van der Waals surface area contributed by atoms with E-state index in [9.17, 15) is 22.4 Å². The normalized spacial score (nSPS) is 18.2. The van der Waals surface area contributed by atoms with Crippen molar-refractivity contribution in [3.05, 3.63) is 106 Å². The van der Waals surface area contributed by atoms with Crippen molar-refractivity contribution in [3.8, 4) is 0 Å². The predicted molar refractivity (Wildman–Crippen MR) is 141 cm³/mol. The zero-order valence-electron chi connectivity index (χ0n) is 22.0. The largest absolute Gasteiger partial charge is 0.416 e. The van der Waals surface area contributed by atoms with E-state index in [1.807, 2.05) is 32.9 Å². The maximum Gasteiger partial charge on any atom is 0.416 e. The summed E-state index contributed by atoms with van der Waals surface area (Å²) in [5.41, 5.74) is 2.68. The molecule has 3 aromatic carbocycles. The van der Waals surface area contributed by atoms with Crippen LogP contribution in [0.15, 0.2) is 72.8 Å². The lowest BCUT2D eigenvalue weighted by Gasteiger charge is -2.30. The maximum atomic E-state index is 13.5. The Morgan fingerprint density at radius 2 is 1.71 bits per heavy atom. The number of amides is 1. The van der Waals surface area contributed by atoms with Crippen molar-refractivity contribution in [1.82, 2.24) is 9.80 Å². The van der Waals surface area contributed by atoms with Crippen molar-refractivity contribution >= 4 is 5.91 Å². The number of halogens is 4. The number of likely N-dealkylation sites (tertiary alicyclic amines) is 1. The van der Waals surface area contributed by atoms with Gasteiger partial charge in [-0.2, -0.15) is 13.2 Å². The topological polar surface area (TPSA) is 23.6 Å². The van der Waals surface area contributed by atoms with Gasteiger partial charge in [-0.1, -0.05) is 61.9 Å². The number of alkyl halides is 3. The fraction of sp³-hybridized carbons (Fsp3) is 0.387. The SMILES string of the molecule is Cc1cccc(CN2C[C@H](CN(CC(C)C)C(=O)c3ccc(F)cc3)[C@H](c3cccc(C(F)(F)F)c3)C2)c1. The number of hydrogen-bond donors (Lipinski definition) is 0. The molecule has 1 saturated heterocycles. The molecule has 1 aliphatic rings. The third-order valence-electron chi connectivity index (χ3n) is 7.07. The van der Waals surface area contributed by atoms with Crippen LogP contribution in [0, 0.1) is 24.6 Å². The van der Waals surface area contributed by atoms with E-state index in [-0.39, 0.29) is 23.7 Å². The van der Waals surface area contributed by atoms with Crippen LogP contribution in [0.1, 0.15) is 52.4 Å². The molecule has 4 rings (SSSR count). The van der Waals surface area contributed by atoms with E-state index >= 15 is 0 Å². The molecule has 0 aromatic heterocycles. The van der Waals surface area contributed by atoms with Crippen molar-refractivity contribution in [1.29, 1.82) is 0 Å². The zero-order valence-corrected chi connectivity index (χ0v) is 22.0. The molecule has 3 aromatic rings. The number of benzene rings is 3. The Bertz CT molecular complexity index is 1240. The Morgan fingerprint density at radius 1 is 1.00 bits per heavy atom. The fourth-order valence-electron chi connectivity index (χ4n) is 5.41. The van der Waals surface area contributed by atoms with Crippen LogP contribution in [0.3, 0.4) is 0 Å². The molecule has 1 heterocycles. The number of nitrogens with zero attached hydrogens (tertiary/aromatic N) is 2. The molecule has 2 atom stereocenters. The molecule has 0 radical (unpaired) electrons. The van der Waals surface area contributed by atoms with E-state index < -0.39 is 17.6 Å². The average Bonchev–Trinajstić information content (AvgIpc) is 3.25. The number of aryl methyl sites for hydroxylation is 1. The van der Waals surface area contributed by atoms with Crippen molar-refractivity contribution in [2.45, 2.75) is 39.4 Å². The average molecular weight is 527 g/mol. The van der Waals surface area contributed by atoms with Crippen LogP contribution in [0.25, 0.3) is 0 Å². The quantitative estimate of drug-likeness (QED) is 0.291. The molecule has 0 aliphatic carbocycles. The molecule has 0 unspecified atom stereocenters. The highest BCUT2D eigenvalue weighted by molar-refractivity contribution is 5.94. The van der Waals surface area contributed by atoms with Gasteiger partial charge in [-0.05, 0) is 60.2 Å². The summed E-state index contributed by atoms with van der Waals surface area (Å²) >= 11 is 0. The Hall–Kier alpha value is -3.19. The van der Waals surface area contributed by atoms with Crippen LogP contribution >= 0.6 is 0 Å². The zero-order chi connectivity index (χ0) is 27.4. The second-order valence-corrected chi connectivity index (χ2v) is 10.8. The summed E-state index contributed by atoms with van der Waals surface area (Å²) in [6.45, 7) is 8.91. The lowest BCUT2D eigenvalue weighted by molar-refractivity contribution is -0.137. The fourth-order valence-corrected chi connectivity index (χ4v) is 5.41. The number of hydrogen-bond acceptors (Lipinski definition) is 2. The highest BCUT2D eigenvalue weighted by Gasteiger charge is 2.38. The first-order chi connectivity index (χ1) is 18.0. The van der Waals surface area contributed by atoms with Crippen LogP contribution in [-0.2, 0) is 12.7 Å². The van der Waals surface area contributed by atoms with Gasteiger partial charge in [-0.25, -0.2) is 4.39 Å². The number of carbonyl (C=O) groups is 1. The molecule has 202 valence electrons. The minimum atomic E-state index is -4.42. The second-order valence-electron chi connectivity index (χ2n) is 10.8. The van der Waals surface area contributed by atoms with E-state index in [0.717, 1.165) is 17.2 Å². The van der Waals surface area contributed by atoms with Crippen LogP contribution in [-0.4, -0.2) is 41.9 Å². The van der Waals surface area contributed by atoms with Crippen molar-refractivity contribution in [2.24, 2.45) is 11.8 Å². The Morgan fingerprint density at radius 3 is 2.37 bits per heavy atom. The van der Waals surface area contributed by atoms with Gasteiger partial charge in [0.1, 0.15) is 5.82 Å². The molecule has 38 heavy (non-hydrogen) atoms. The summed E-state index contributed by atoms with van der Waals surface area (Å²) in [6.07, 6.45) is -4.42. The van der Waals surface area contributed by atoms with Gasteiger partial charge in [0.15, 0.2) is 0 Å². The summed E-state index contributed by atoms with van der Waals surface area (Å²) in [6, 6.07) is 19.3. The smallest absolute Gasteiger partial charge is 0.338 e. The third kappa shape index (κ3) is 7.01. The van der Waals surface area contributed by atoms with Gasteiger partial charge in [-0.15, -0.1) is 0 Å². The molecule has 7 heteroatoms. The van der Waals surface area contributed by atoms with E-state index in [2.05, 4.69) is 17.0 Å². The van der Waals surface area contributed by atoms with Gasteiger partial charge in [0.2, 0.25) is 0 Å². The van der Waals surface area contributed by atoms with Crippen molar-refractivity contribution < 1.29 is 22.4 Å². The lowest BCUT2D eigenvalue weighted by Crippen LogP contribution is -2.39. The molecule has 1 fully saturated rings. The van der Waals surface area contributed by atoms with Gasteiger partial charge in [0.25, 0.3) is 5.91 Å². The summed E-state index contributed by atoms with van der Waals surface area (Å²) in [5.74, 6) is -0.650. The first-order valence-electron chi connectivity index (χ1n) is 13.0. The highest BCUT2D eigenvalue weighted by atomic mass is 19.4. The Labute approximate surface area is 222 Å². The molecule has 3 nitrogen and oxygen atoms in total. The van der Waals surface area contributed by atoms with Crippen LogP contribution in [0.2, 0.25) is 0 Å². The van der Waals surface area contributed by atoms with Crippen LogP contribution in [0.5, 0.6) is 0 Å². The Balaban J connectivity index is 1.63. The third-order valence-corrected chi connectivity index (χ3v) is 7.07. The minimum absolute atomic E-state index is 0.0635. The first kappa shape index (κ1) is 27.8. The summed E-state index contributed by atoms with van der Waals surface area (Å²) in [4.78, 5) is 17.5. The van der Waals surface area contributed by atoms with E-state index in [0.29, 0.717) is 43.9 Å². The summed E-state index contributed by atoms with van der Waals surface area (Å²) in [5, 5.41) is 0. The predicted octanol–water partition coefficient (Wildman–Crippen LogP) is 7.17. The van der Waals surface area contributed by atoms with E-state index in [4.69, 9.17) is 0 Å². The second kappa shape index (κ2) is 11.7. The maximum absolute atomic E-state index is 13.5. The molecule has 0 spiro atoms.